The van der Waals surface area contributed by atoms with Gasteiger partial charge >= 0.3 is 0 Å². The fraction of sp³-hybridized carbons (Fsp3) is 0.238. The summed E-state index contributed by atoms with van der Waals surface area (Å²) in [5.74, 6) is 0.732. The van der Waals surface area contributed by atoms with E-state index in [1.807, 2.05) is 48.8 Å². The number of benzene rings is 2. The van der Waals surface area contributed by atoms with Crippen LogP contribution in [0.15, 0.2) is 53.9 Å². The third-order valence-corrected chi connectivity index (χ3v) is 4.98. The van der Waals surface area contributed by atoms with E-state index in [9.17, 15) is 4.79 Å². The predicted molar refractivity (Wildman–Crippen MR) is 114 cm³/mol. The summed E-state index contributed by atoms with van der Waals surface area (Å²) < 4.78 is 5.12. The number of amides is 1. The van der Waals surface area contributed by atoms with Gasteiger partial charge in [0.2, 0.25) is 0 Å². The lowest BCUT2D eigenvalue weighted by molar-refractivity contribution is -0.885. The molecular formula is C21H25N4O2S+. The molecule has 1 aromatic heterocycles. The van der Waals surface area contributed by atoms with E-state index in [1.165, 1.54) is 5.56 Å². The molecule has 0 saturated heterocycles. The van der Waals surface area contributed by atoms with Crippen LogP contribution in [0, 0.1) is 6.92 Å². The summed E-state index contributed by atoms with van der Waals surface area (Å²) >= 11 is 1.57. The average Bonchev–Trinajstić information content (AvgIpc) is 3.10. The molecule has 3 aromatic rings. The molecule has 3 rings (SSSR count). The van der Waals surface area contributed by atoms with Crippen LogP contribution in [0.1, 0.15) is 11.3 Å². The maximum absolute atomic E-state index is 12.2. The number of nitrogens with one attached hydrogen (secondary N) is 3. The molecule has 0 aliphatic heterocycles. The van der Waals surface area contributed by atoms with Gasteiger partial charge in [-0.1, -0.05) is 17.7 Å². The highest BCUT2D eigenvalue weighted by molar-refractivity contribution is 7.13. The average molecular weight is 398 g/mol. The fourth-order valence-electron chi connectivity index (χ4n) is 2.73. The van der Waals surface area contributed by atoms with Crippen molar-refractivity contribution in [1.29, 1.82) is 0 Å². The Morgan fingerprint density at radius 1 is 1.11 bits per heavy atom. The molecule has 0 aliphatic carbocycles. The minimum atomic E-state index is -0.0316. The number of carbonyl (C=O) groups is 1. The topological polar surface area (TPSA) is 67.7 Å². The van der Waals surface area contributed by atoms with Crippen LogP contribution < -0.4 is 20.3 Å². The zero-order chi connectivity index (χ0) is 19.9. The number of nitrogens with zero attached hydrogens (tertiary/aromatic N) is 1. The van der Waals surface area contributed by atoms with Crippen molar-refractivity contribution in [1.82, 2.24) is 4.98 Å². The zero-order valence-electron chi connectivity index (χ0n) is 16.3. The number of aromatic nitrogens is 1. The van der Waals surface area contributed by atoms with Crippen LogP contribution in [0.25, 0.3) is 0 Å². The van der Waals surface area contributed by atoms with Gasteiger partial charge in [-0.2, -0.15) is 0 Å². The van der Waals surface area contributed by atoms with Gasteiger partial charge in [0.25, 0.3) is 5.91 Å². The Morgan fingerprint density at radius 2 is 1.79 bits per heavy atom. The van der Waals surface area contributed by atoms with Crippen LogP contribution in [-0.2, 0) is 11.3 Å². The second-order valence-electron chi connectivity index (χ2n) is 6.72. The summed E-state index contributed by atoms with van der Waals surface area (Å²) in [6.07, 6.45) is 0. The molecule has 7 heteroatoms. The molecule has 1 amide bonds. The maximum atomic E-state index is 12.2. The molecule has 1 unspecified atom stereocenters. The first-order valence-corrected chi connectivity index (χ1v) is 9.93. The quantitative estimate of drug-likeness (QED) is 0.547. The van der Waals surface area contributed by atoms with Gasteiger partial charge in [0, 0.05) is 16.8 Å². The number of carbonyl (C=O) groups excluding carboxylic acids is 1. The first kappa shape index (κ1) is 19.9. The summed E-state index contributed by atoms with van der Waals surface area (Å²) in [7, 11) is 3.60. The minimum Gasteiger partial charge on any atom is -0.497 e. The predicted octanol–water partition coefficient (Wildman–Crippen LogP) is 2.86. The van der Waals surface area contributed by atoms with E-state index in [0.29, 0.717) is 13.1 Å². The second-order valence-corrected chi connectivity index (χ2v) is 7.58. The van der Waals surface area contributed by atoms with Gasteiger partial charge in [0.05, 0.1) is 14.2 Å². The highest BCUT2D eigenvalue weighted by Crippen LogP contribution is 2.21. The summed E-state index contributed by atoms with van der Waals surface area (Å²) in [5.41, 5.74) is 3.97. The van der Waals surface area contributed by atoms with Gasteiger partial charge in [-0.25, -0.2) is 4.98 Å². The monoisotopic (exact) mass is 397 g/mol. The first-order valence-electron chi connectivity index (χ1n) is 9.05. The third kappa shape index (κ3) is 5.80. The van der Waals surface area contributed by atoms with E-state index in [2.05, 4.69) is 34.7 Å². The van der Waals surface area contributed by atoms with Crippen LogP contribution >= 0.6 is 11.3 Å². The van der Waals surface area contributed by atoms with E-state index in [-0.39, 0.29) is 5.91 Å². The number of hydrogen-bond donors (Lipinski definition) is 3. The Labute approximate surface area is 169 Å². The lowest BCUT2D eigenvalue weighted by Crippen LogP contribution is -3.08. The molecule has 28 heavy (non-hydrogen) atoms. The number of methoxy groups -OCH3 is 1. The molecule has 3 N–H and O–H groups in total. The number of thiazole rings is 1. The Morgan fingerprint density at radius 3 is 2.46 bits per heavy atom. The lowest BCUT2D eigenvalue weighted by atomic mass is 10.2. The molecule has 2 aromatic carbocycles. The van der Waals surface area contributed by atoms with E-state index >= 15 is 0 Å². The maximum Gasteiger partial charge on any atom is 0.279 e. The van der Waals surface area contributed by atoms with Crippen molar-refractivity contribution in [3.05, 3.63) is 65.2 Å². The SMILES string of the molecule is COc1ccc(NC(=O)C[NH+](C)Cc2csc(Nc3ccc(C)cc3)n2)cc1. The Bertz CT molecular complexity index is 907. The molecular weight excluding hydrogens is 372 g/mol. The zero-order valence-corrected chi connectivity index (χ0v) is 17.1. The molecule has 6 nitrogen and oxygen atoms in total. The normalized spacial score (nSPS) is 11.7. The van der Waals surface area contributed by atoms with Crippen molar-refractivity contribution in [3.63, 3.8) is 0 Å². The number of ether oxygens (including phenoxy) is 1. The van der Waals surface area contributed by atoms with Gasteiger partial charge in [-0.3, -0.25) is 4.79 Å². The smallest absolute Gasteiger partial charge is 0.279 e. The van der Waals surface area contributed by atoms with E-state index in [4.69, 9.17) is 4.74 Å². The van der Waals surface area contributed by atoms with Crippen LogP contribution in [-0.4, -0.2) is 31.6 Å². The summed E-state index contributed by atoms with van der Waals surface area (Å²) in [4.78, 5) is 17.9. The summed E-state index contributed by atoms with van der Waals surface area (Å²) in [6.45, 7) is 3.11. The van der Waals surface area contributed by atoms with Crippen LogP contribution in [0.5, 0.6) is 5.75 Å². The van der Waals surface area contributed by atoms with Gasteiger partial charge in [-0.05, 0) is 43.3 Å². The molecule has 0 radical (unpaired) electrons. The van der Waals surface area contributed by atoms with Gasteiger partial charge in [-0.15, -0.1) is 11.3 Å². The number of aryl methyl sites for hydroxylation is 1. The largest absolute Gasteiger partial charge is 0.497 e. The van der Waals surface area contributed by atoms with E-state index in [0.717, 1.165) is 32.8 Å². The van der Waals surface area contributed by atoms with Gasteiger partial charge in [0.1, 0.15) is 18.0 Å². The van der Waals surface area contributed by atoms with Crippen molar-refractivity contribution < 1.29 is 14.4 Å². The summed E-state index contributed by atoms with van der Waals surface area (Å²) in [5, 5.41) is 9.11. The van der Waals surface area contributed by atoms with Gasteiger partial charge < -0.3 is 20.3 Å². The van der Waals surface area contributed by atoms with Crippen molar-refractivity contribution in [3.8, 4) is 5.75 Å². The molecule has 146 valence electrons. The number of rotatable bonds is 8. The highest BCUT2D eigenvalue weighted by atomic mass is 32.1. The Hall–Kier alpha value is -2.90. The van der Waals surface area contributed by atoms with E-state index < -0.39 is 0 Å². The van der Waals surface area contributed by atoms with E-state index in [1.54, 1.807) is 18.4 Å². The molecule has 0 spiro atoms. The van der Waals surface area contributed by atoms with Crippen molar-refractivity contribution in [2.45, 2.75) is 13.5 Å². The van der Waals surface area contributed by atoms with Crippen molar-refractivity contribution >= 4 is 33.8 Å². The number of quaternary nitrogens is 1. The second kappa shape index (κ2) is 9.34. The van der Waals surface area contributed by atoms with Gasteiger partial charge in [0.15, 0.2) is 11.7 Å². The molecule has 1 atom stereocenters. The fourth-order valence-corrected chi connectivity index (χ4v) is 3.46. The van der Waals surface area contributed by atoms with Crippen molar-refractivity contribution in [2.75, 3.05) is 31.3 Å². The Kier molecular flexibility index (Phi) is 6.62. The molecule has 1 heterocycles. The standard InChI is InChI=1S/C21H24N4O2S/c1-15-4-6-17(7-5-15)23-21-24-18(14-28-21)12-25(2)13-20(26)22-16-8-10-19(27-3)11-9-16/h4-11,14H,12-13H2,1-3H3,(H,22,26)(H,23,24)/p+1. The summed E-state index contributed by atoms with van der Waals surface area (Å²) in [6, 6.07) is 15.5. The lowest BCUT2D eigenvalue weighted by Gasteiger charge is -2.12. The molecule has 0 aliphatic rings. The van der Waals surface area contributed by atoms with Crippen LogP contribution in [0.4, 0.5) is 16.5 Å². The number of likely N-dealkylation sites (N-methyl/N-ethyl adjacent to an activating group) is 1. The molecule has 0 bridgehead atoms. The Balaban J connectivity index is 1.48. The number of hydrogen-bond acceptors (Lipinski definition) is 5. The van der Waals surface area contributed by atoms with Crippen LogP contribution in [0.2, 0.25) is 0 Å². The van der Waals surface area contributed by atoms with Crippen LogP contribution in [0.3, 0.4) is 0 Å². The number of anilines is 3. The highest BCUT2D eigenvalue weighted by Gasteiger charge is 2.13. The van der Waals surface area contributed by atoms with Crippen molar-refractivity contribution in [2.24, 2.45) is 0 Å². The minimum absolute atomic E-state index is 0.0316. The molecule has 0 fully saturated rings. The first-order chi connectivity index (χ1) is 13.5. The molecule has 0 saturated carbocycles. The third-order valence-electron chi connectivity index (χ3n) is 4.17.